The number of rotatable bonds is 6. The topological polar surface area (TPSA) is 94.9 Å². The van der Waals surface area contributed by atoms with Crippen LogP contribution in [-0.4, -0.2) is 79.4 Å². The summed E-state index contributed by atoms with van der Waals surface area (Å²) in [4.78, 5) is 30.0. The number of nitrogens with one attached hydrogen (secondary N) is 1. The maximum Gasteiger partial charge on any atom is 0.410 e. The van der Waals surface area contributed by atoms with Gasteiger partial charge in [0.05, 0.1) is 19.3 Å². The molecule has 4 atom stereocenters. The van der Waals surface area contributed by atoms with Crippen LogP contribution in [0.25, 0.3) is 0 Å². The molecule has 8 nitrogen and oxygen atoms in total. The number of ether oxygens (including phenoxy) is 2. The van der Waals surface area contributed by atoms with Gasteiger partial charge in [-0.3, -0.25) is 4.79 Å². The van der Waals surface area contributed by atoms with Crippen LogP contribution >= 0.6 is 0 Å². The first-order valence-corrected chi connectivity index (χ1v) is 12.7. The summed E-state index contributed by atoms with van der Waals surface area (Å²) in [6.45, 7) is 6.05. The maximum absolute atomic E-state index is 13.4. The van der Waals surface area contributed by atoms with E-state index in [2.05, 4.69) is 29.3 Å². The molecule has 1 saturated carbocycles. The normalized spacial score (nSPS) is 31.2. The molecule has 2 amide bonds. The number of carbonyl (C=O) groups excluding carboxylic acids is 2. The summed E-state index contributed by atoms with van der Waals surface area (Å²) in [7, 11) is 0. The molecule has 2 heterocycles. The molecule has 1 N–H and O–H groups in total. The number of fused-ring (bicyclic) bond motifs is 1. The lowest BCUT2D eigenvalue weighted by atomic mass is 9.72. The van der Waals surface area contributed by atoms with Gasteiger partial charge in [-0.05, 0) is 50.5 Å². The monoisotopic (exact) mass is 458 g/mol. The molecule has 0 aromatic heterocycles. The van der Waals surface area contributed by atoms with Crippen molar-refractivity contribution in [2.24, 2.45) is 11.8 Å². The van der Waals surface area contributed by atoms with Gasteiger partial charge in [-0.2, -0.15) is 5.26 Å². The Kier molecular flexibility index (Phi) is 7.92. The van der Waals surface area contributed by atoms with Crippen LogP contribution in [0, 0.1) is 23.2 Å². The number of nitrogens with zero attached hydrogens (tertiary/aromatic N) is 3. The second-order valence-corrected chi connectivity index (χ2v) is 10.0. The molecule has 0 aromatic rings. The first-order valence-electron chi connectivity index (χ1n) is 12.7. The molecule has 182 valence electrons. The van der Waals surface area contributed by atoms with Crippen LogP contribution in [0.1, 0.15) is 58.3 Å². The van der Waals surface area contributed by atoms with Crippen molar-refractivity contribution in [3.63, 3.8) is 0 Å². The third-order valence-corrected chi connectivity index (χ3v) is 7.88. The predicted octanol–water partition coefficient (Wildman–Crippen LogP) is 2.84. The number of hydrogen-bond acceptors (Lipinski definition) is 6. The summed E-state index contributed by atoms with van der Waals surface area (Å²) >= 11 is 0. The lowest BCUT2D eigenvalue weighted by molar-refractivity contribution is -0.131. The molecular formula is C25H38N4O4. The van der Waals surface area contributed by atoms with Gasteiger partial charge in [0.25, 0.3) is 5.91 Å². The number of nitriles is 1. The zero-order valence-electron chi connectivity index (χ0n) is 19.9. The van der Waals surface area contributed by atoms with Gasteiger partial charge in [-0.15, -0.1) is 0 Å². The van der Waals surface area contributed by atoms with E-state index in [1.54, 1.807) is 4.90 Å². The first-order chi connectivity index (χ1) is 16.0. The smallest absolute Gasteiger partial charge is 0.410 e. The number of morpholine rings is 1. The molecule has 3 fully saturated rings. The van der Waals surface area contributed by atoms with E-state index < -0.39 is 17.7 Å². The van der Waals surface area contributed by atoms with Gasteiger partial charge in [0.1, 0.15) is 5.54 Å². The lowest BCUT2D eigenvalue weighted by Crippen LogP contribution is -2.54. The van der Waals surface area contributed by atoms with Crippen molar-refractivity contribution in [1.82, 2.24) is 15.1 Å². The molecule has 4 unspecified atom stereocenters. The number of allylic oxidation sites excluding steroid dienone is 1. The minimum Gasteiger partial charge on any atom is -0.436 e. The van der Waals surface area contributed by atoms with E-state index in [0.29, 0.717) is 51.6 Å². The minimum absolute atomic E-state index is 0.359. The van der Waals surface area contributed by atoms with Crippen molar-refractivity contribution >= 4 is 12.0 Å². The standard InChI is InChI=1S/C25H38N4O4/c1-2-28-10-9-25(17-26,18-28)27-23(30)22(33-24(31)29-11-13-32-14-12-29)16-19-7-8-20-5-3-4-6-21(20)15-19/h15,20-22H,2-14,16,18H2,1H3,(H,27,30). The molecule has 8 heteroatoms. The molecule has 0 radical (unpaired) electrons. The van der Waals surface area contributed by atoms with E-state index >= 15 is 0 Å². The number of likely N-dealkylation sites (N-methyl/N-ethyl adjacent to an activating group) is 1. The average Bonchev–Trinajstić information content (AvgIpc) is 3.27. The summed E-state index contributed by atoms with van der Waals surface area (Å²) in [5.41, 5.74) is 0.284. The Hall–Kier alpha value is -2.11. The van der Waals surface area contributed by atoms with Gasteiger partial charge in [0, 0.05) is 32.6 Å². The number of likely N-dealkylation sites (tertiary alicyclic amines) is 1. The Morgan fingerprint density at radius 2 is 2.06 bits per heavy atom. The third-order valence-electron chi connectivity index (χ3n) is 7.88. The highest BCUT2D eigenvalue weighted by Crippen LogP contribution is 2.40. The highest BCUT2D eigenvalue weighted by molar-refractivity contribution is 5.85. The van der Waals surface area contributed by atoms with Crippen LogP contribution < -0.4 is 5.32 Å². The van der Waals surface area contributed by atoms with E-state index in [9.17, 15) is 14.9 Å². The highest BCUT2D eigenvalue weighted by atomic mass is 16.6. The highest BCUT2D eigenvalue weighted by Gasteiger charge is 2.41. The molecule has 2 aliphatic heterocycles. The number of amides is 2. The Morgan fingerprint density at radius 1 is 1.27 bits per heavy atom. The molecule has 0 spiro atoms. The largest absolute Gasteiger partial charge is 0.436 e. The van der Waals surface area contributed by atoms with E-state index in [-0.39, 0.29) is 5.91 Å². The van der Waals surface area contributed by atoms with E-state index in [4.69, 9.17) is 9.47 Å². The zero-order chi connectivity index (χ0) is 23.3. The second-order valence-electron chi connectivity index (χ2n) is 10.0. The van der Waals surface area contributed by atoms with E-state index in [1.807, 2.05) is 0 Å². The average molecular weight is 459 g/mol. The maximum atomic E-state index is 13.4. The van der Waals surface area contributed by atoms with Crippen LogP contribution in [0.3, 0.4) is 0 Å². The van der Waals surface area contributed by atoms with Crippen LogP contribution in [0.4, 0.5) is 4.79 Å². The van der Waals surface area contributed by atoms with Gasteiger partial charge in [-0.1, -0.05) is 31.4 Å². The van der Waals surface area contributed by atoms with Crippen LogP contribution in [0.5, 0.6) is 0 Å². The third kappa shape index (κ3) is 5.88. The van der Waals surface area contributed by atoms with Gasteiger partial charge >= 0.3 is 6.09 Å². The Bertz CT molecular complexity index is 788. The van der Waals surface area contributed by atoms with Gasteiger partial charge in [0.2, 0.25) is 0 Å². The number of carbonyl (C=O) groups is 2. The number of hydrogen-bond donors (Lipinski definition) is 1. The lowest BCUT2D eigenvalue weighted by Gasteiger charge is -2.35. The van der Waals surface area contributed by atoms with Gasteiger partial charge in [-0.25, -0.2) is 4.79 Å². The first kappa shape index (κ1) is 24.0. The Morgan fingerprint density at radius 3 is 2.79 bits per heavy atom. The van der Waals surface area contributed by atoms with E-state index in [1.165, 1.54) is 31.3 Å². The van der Waals surface area contributed by atoms with Crippen molar-refractivity contribution in [3.8, 4) is 6.07 Å². The molecule has 4 aliphatic rings. The molecular weight excluding hydrogens is 420 g/mol. The van der Waals surface area contributed by atoms with Gasteiger partial charge in [0.15, 0.2) is 6.10 Å². The molecule has 2 aliphatic carbocycles. The van der Waals surface area contributed by atoms with Gasteiger partial charge < -0.3 is 24.6 Å². The summed E-state index contributed by atoms with van der Waals surface area (Å²) in [5.74, 6) is 0.980. The molecule has 2 saturated heterocycles. The van der Waals surface area contributed by atoms with Crippen molar-refractivity contribution in [1.29, 1.82) is 5.26 Å². The zero-order valence-corrected chi connectivity index (χ0v) is 19.9. The summed E-state index contributed by atoms with van der Waals surface area (Å²) in [6, 6.07) is 2.33. The fraction of sp³-hybridized carbons (Fsp3) is 0.800. The SMILES string of the molecule is CCN1CCC(C#N)(NC(=O)C(CC2=CC3CCCCC3CC2)OC(=O)N2CCOCC2)C1. The van der Waals surface area contributed by atoms with Crippen LogP contribution in [0.15, 0.2) is 11.6 Å². The minimum atomic E-state index is -0.924. The second kappa shape index (κ2) is 10.9. The van der Waals surface area contributed by atoms with Crippen LogP contribution in [-0.2, 0) is 14.3 Å². The summed E-state index contributed by atoms with van der Waals surface area (Å²) < 4.78 is 11.1. The Balaban J connectivity index is 1.47. The summed E-state index contributed by atoms with van der Waals surface area (Å²) in [5, 5.41) is 12.8. The van der Waals surface area contributed by atoms with Crippen molar-refractivity contribution < 1.29 is 19.1 Å². The van der Waals surface area contributed by atoms with Crippen molar-refractivity contribution in [2.45, 2.75) is 69.9 Å². The van der Waals surface area contributed by atoms with Crippen molar-refractivity contribution in [2.75, 3.05) is 45.9 Å². The quantitative estimate of drug-likeness (QED) is 0.615. The fourth-order valence-corrected chi connectivity index (χ4v) is 5.81. The predicted molar refractivity (Wildman–Crippen MR) is 123 cm³/mol. The molecule has 33 heavy (non-hydrogen) atoms. The molecule has 0 bridgehead atoms. The van der Waals surface area contributed by atoms with Crippen molar-refractivity contribution in [3.05, 3.63) is 11.6 Å². The summed E-state index contributed by atoms with van der Waals surface area (Å²) in [6.07, 6.45) is 9.13. The van der Waals surface area contributed by atoms with E-state index in [0.717, 1.165) is 31.8 Å². The van der Waals surface area contributed by atoms with Crippen LogP contribution in [0.2, 0.25) is 0 Å². The molecule has 4 rings (SSSR count). The molecule has 0 aromatic carbocycles. The fourth-order valence-electron chi connectivity index (χ4n) is 5.81. The Labute approximate surface area is 197 Å².